The minimum atomic E-state index is -3.59. The van der Waals surface area contributed by atoms with E-state index in [4.69, 9.17) is 5.11 Å². The number of aliphatic hydroxyl groups is 1. The third kappa shape index (κ3) is 2.60. The Balaban J connectivity index is 3.02. The number of imidazole rings is 1. The largest absolute Gasteiger partial charge is 0.392 e. The van der Waals surface area contributed by atoms with Gasteiger partial charge >= 0.3 is 0 Å². The third-order valence-corrected chi connectivity index (χ3v) is 3.98. The molecule has 0 aromatic carbocycles. The Morgan fingerprint density at radius 2 is 2.19 bits per heavy atom. The van der Waals surface area contributed by atoms with Gasteiger partial charge in [0.25, 0.3) is 10.0 Å². The minimum absolute atomic E-state index is 0.00986. The van der Waals surface area contributed by atoms with Crippen molar-refractivity contribution in [2.45, 2.75) is 25.0 Å². The van der Waals surface area contributed by atoms with Crippen molar-refractivity contribution in [2.75, 3.05) is 13.6 Å². The molecule has 1 aromatic rings. The highest BCUT2D eigenvalue weighted by Gasteiger charge is 2.24. The SMILES string of the molecule is Cc1nc(S(=O)(=O)N(C)CC(C)O)cn1C. The molecule has 16 heavy (non-hydrogen) atoms. The number of aromatic nitrogens is 2. The van der Waals surface area contributed by atoms with Crippen molar-refractivity contribution >= 4 is 10.0 Å². The molecule has 0 fully saturated rings. The van der Waals surface area contributed by atoms with Crippen LogP contribution < -0.4 is 0 Å². The highest BCUT2D eigenvalue weighted by Crippen LogP contribution is 2.13. The summed E-state index contributed by atoms with van der Waals surface area (Å²) >= 11 is 0. The molecule has 0 saturated carbocycles. The van der Waals surface area contributed by atoms with Crippen molar-refractivity contribution in [3.63, 3.8) is 0 Å². The highest BCUT2D eigenvalue weighted by atomic mass is 32.2. The van der Waals surface area contributed by atoms with Crippen molar-refractivity contribution in [2.24, 2.45) is 7.05 Å². The summed E-state index contributed by atoms with van der Waals surface area (Å²) in [5.41, 5.74) is 0. The van der Waals surface area contributed by atoms with Crippen LogP contribution in [0.15, 0.2) is 11.2 Å². The average Bonchev–Trinajstić information content (AvgIpc) is 2.46. The third-order valence-electron chi connectivity index (χ3n) is 2.28. The van der Waals surface area contributed by atoms with Crippen molar-refractivity contribution in [3.8, 4) is 0 Å². The topological polar surface area (TPSA) is 75.4 Å². The lowest BCUT2D eigenvalue weighted by Gasteiger charge is -2.16. The van der Waals surface area contributed by atoms with Crippen LogP contribution in [0.2, 0.25) is 0 Å². The van der Waals surface area contributed by atoms with E-state index in [1.165, 1.54) is 20.2 Å². The van der Waals surface area contributed by atoms with Crippen LogP contribution in [-0.4, -0.2) is 47.1 Å². The molecule has 1 atom stereocenters. The van der Waals surface area contributed by atoms with Gasteiger partial charge in [-0.25, -0.2) is 13.4 Å². The summed E-state index contributed by atoms with van der Waals surface area (Å²) in [6.07, 6.45) is 0.757. The van der Waals surface area contributed by atoms with Gasteiger partial charge in [0.1, 0.15) is 5.82 Å². The zero-order valence-electron chi connectivity index (χ0n) is 9.88. The summed E-state index contributed by atoms with van der Waals surface area (Å²) in [6, 6.07) is 0. The minimum Gasteiger partial charge on any atom is -0.392 e. The van der Waals surface area contributed by atoms with E-state index in [-0.39, 0.29) is 11.6 Å². The van der Waals surface area contributed by atoms with Gasteiger partial charge in [0.05, 0.1) is 6.10 Å². The maximum absolute atomic E-state index is 12.0. The van der Waals surface area contributed by atoms with E-state index in [2.05, 4.69) is 4.98 Å². The molecule has 0 aliphatic heterocycles. The predicted molar refractivity (Wildman–Crippen MR) is 59.4 cm³/mol. The lowest BCUT2D eigenvalue weighted by atomic mass is 10.4. The van der Waals surface area contributed by atoms with E-state index in [0.717, 1.165) is 4.31 Å². The lowest BCUT2D eigenvalue weighted by Crippen LogP contribution is -2.33. The molecular formula is C9H17N3O3S. The van der Waals surface area contributed by atoms with Gasteiger partial charge in [0.2, 0.25) is 0 Å². The van der Waals surface area contributed by atoms with Crippen LogP contribution in [0.25, 0.3) is 0 Å². The first-order valence-electron chi connectivity index (χ1n) is 4.89. The zero-order valence-corrected chi connectivity index (χ0v) is 10.7. The number of aryl methyl sites for hydroxylation is 2. The molecule has 0 aliphatic rings. The number of hydrogen-bond acceptors (Lipinski definition) is 4. The Kier molecular flexibility index (Phi) is 3.72. The Morgan fingerprint density at radius 3 is 2.56 bits per heavy atom. The van der Waals surface area contributed by atoms with E-state index in [9.17, 15) is 8.42 Å². The monoisotopic (exact) mass is 247 g/mol. The Morgan fingerprint density at radius 1 is 1.62 bits per heavy atom. The van der Waals surface area contributed by atoms with Gasteiger partial charge in [-0.3, -0.25) is 0 Å². The summed E-state index contributed by atoms with van der Waals surface area (Å²) < 4.78 is 26.7. The second-order valence-corrected chi connectivity index (χ2v) is 5.86. The summed E-state index contributed by atoms with van der Waals surface area (Å²) in [5.74, 6) is 0.629. The number of sulfonamides is 1. The molecule has 0 saturated heterocycles. The lowest BCUT2D eigenvalue weighted by molar-refractivity contribution is 0.171. The van der Waals surface area contributed by atoms with Gasteiger partial charge in [0.15, 0.2) is 5.03 Å². The van der Waals surface area contributed by atoms with E-state index >= 15 is 0 Å². The van der Waals surface area contributed by atoms with Gasteiger partial charge in [0, 0.05) is 26.8 Å². The fourth-order valence-corrected chi connectivity index (χ4v) is 2.55. The van der Waals surface area contributed by atoms with E-state index < -0.39 is 16.1 Å². The van der Waals surface area contributed by atoms with Crippen LogP contribution in [0.1, 0.15) is 12.7 Å². The van der Waals surface area contributed by atoms with Crippen LogP contribution in [0, 0.1) is 6.92 Å². The molecule has 1 heterocycles. The quantitative estimate of drug-likeness (QED) is 0.794. The number of nitrogens with zero attached hydrogens (tertiary/aromatic N) is 3. The maximum atomic E-state index is 12.0. The first-order valence-corrected chi connectivity index (χ1v) is 6.33. The molecule has 7 heteroatoms. The zero-order chi connectivity index (χ0) is 12.5. The molecule has 92 valence electrons. The van der Waals surface area contributed by atoms with E-state index in [1.807, 2.05) is 0 Å². The molecule has 0 spiro atoms. The summed E-state index contributed by atoms with van der Waals surface area (Å²) in [5, 5.41) is 9.17. The van der Waals surface area contributed by atoms with Gasteiger partial charge in [-0.15, -0.1) is 0 Å². The Bertz CT molecular complexity index is 445. The van der Waals surface area contributed by atoms with Gasteiger partial charge in [-0.2, -0.15) is 4.31 Å². The first-order chi connectivity index (χ1) is 7.25. The molecule has 1 aromatic heterocycles. The fourth-order valence-electron chi connectivity index (χ4n) is 1.28. The maximum Gasteiger partial charge on any atom is 0.261 e. The van der Waals surface area contributed by atoms with Crippen LogP contribution in [-0.2, 0) is 17.1 Å². The molecule has 1 N–H and O–H groups in total. The number of likely N-dealkylation sites (N-methyl/N-ethyl adjacent to an activating group) is 1. The van der Waals surface area contributed by atoms with Crippen molar-refractivity contribution in [3.05, 3.63) is 12.0 Å². The molecule has 0 aliphatic carbocycles. The summed E-state index contributed by atoms with van der Waals surface area (Å²) in [7, 11) is -0.439. The van der Waals surface area contributed by atoms with Gasteiger partial charge in [-0.1, -0.05) is 0 Å². The molecule has 0 bridgehead atoms. The van der Waals surface area contributed by atoms with Crippen LogP contribution in [0.3, 0.4) is 0 Å². The van der Waals surface area contributed by atoms with Gasteiger partial charge in [-0.05, 0) is 13.8 Å². The molecule has 0 amide bonds. The second-order valence-electron chi connectivity index (χ2n) is 3.87. The number of rotatable bonds is 4. The molecule has 0 radical (unpaired) electrons. The van der Waals surface area contributed by atoms with E-state index in [0.29, 0.717) is 5.82 Å². The van der Waals surface area contributed by atoms with Crippen LogP contribution in [0.4, 0.5) is 0 Å². The summed E-state index contributed by atoms with van der Waals surface area (Å²) in [6.45, 7) is 3.32. The predicted octanol–water partition coefficient (Wildman–Crippen LogP) is -0.270. The van der Waals surface area contributed by atoms with Gasteiger partial charge < -0.3 is 9.67 Å². The standard InChI is InChI=1S/C9H17N3O3S/c1-7(13)5-12(4)16(14,15)9-6-11(3)8(2)10-9/h6-7,13H,5H2,1-4H3. The molecular weight excluding hydrogens is 230 g/mol. The van der Waals surface area contributed by atoms with Crippen molar-refractivity contribution in [1.82, 2.24) is 13.9 Å². The normalized spacial score (nSPS) is 14.4. The number of aliphatic hydroxyl groups excluding tert-OH is 1. The Hall–Kier alpha value is -0.920. The van der Waals surface area contributed by atoms with E-state index in [1.54, 1.807) is 18.5 Å². The van der Waals surface area contributed by atoms with Crippen molar-refractivity contribution in [1.29, 1.82) is 0 Å². The first kappa shape index (κ1) is 13.1. The average molecular weight is 247 g/mol. The molecule has 6 nitrogen and oxygen atoms in total. The summed E-state index contributed by atoms with van der Waals surface area (Å²) in [4.78, 5) is 3.96. The fraction of sp³-hybridized carbons (Fsp3) is 0.667. The van der Waals surface area contributed by atoms with Crippen molar-refractivity contribution < 1.29 is 13.5 Å². The molecule has 1 unspecified atom stereocenters. The second kappa shape index (κ2) is 4.52. The van der Waals surface area contributed by atoms with Crippen LogP contribution >= 0.6 is 0 Å². The van der Waals surface area contributed by atoms with Crippen LogP contribution in [0.5, 0.6) is 0 Å². The molecule has 1 rings (SSSR count). The number of hydrogen-bond donors (Lipinski definition) is 1. The highest BCUT2D eigenvalue weighted by molar-refractivity contribution is 7.89. The smallest absolute Gasteiger partial charge is 0.261 e. The Labute approximate surface area is 95.6 Å².